The van der Waals surface area contributed by atoms with Crippen LogP contribution in [0.3, 0.4) is 0 Å². The summed E-state index contributed by atoms with van der Waals surface area (Å²) >= 11 is 0. The zero-order valence-electron chi connectivity index (χ0n) is 11.7. The van der Waals surface area contributed by atoms with E-state index in [2.05, 4.69) is 5.32 Å². The number of carbonyl (C=O) groups excluding carboxylic acids is 1. The van der Waals surface area contributed by atoms with Crippen molar-refractivity contribution in [1.82, 2.24) is 0 Å². The van der Waals surface area contributed by atoms with Crippen molar-refractivity contribution in [1.29, 1.82) is 0 Å². The molecule has 0 aliphatic heterocycles. The summed E-state index contributed by atoms with van der Waals surface area (Å²) in [7, 11) is 1.64. The molecule has 0 bridgehead atoms. The van der Waals surface area contributed by atoms with E-state index in [0.29, 0.717) is 5.69 Å². The quantitative estimate of drug-likeness (QED) is 0.906. The van der Waals surface area contributed by atoms with Crippen LogP contribution in [0.2, 0.25) is 0 Å². The molecule has 1 aliphatic carbocycles. The lowest BCUT2D eigenvalue weighted by atomic mass is 10.1. The van der Waals surface area contributed by atoms with Gasteiger partial charge in [0.2, 0.25) is 5.91 Å². The minimum Gasteiger partial charge on any atom is -0.508 e. The molecule has 3 rings (SSSR count). The molecule has 2 unspecified atom stereocenters. The van der Waals surface area contributed by atoms with E-state index < -0.39 is 0 Å². The van der Waals surface area contributed by atoms with Gasteiger partial charge in [0.05, 0.1) is 7.11 Å². The number of amides is 1. The summed E-state index contributed by atoms with van der Waals surface area (Å²) in [5.41, 5.74) is 1.78. The lowest BCUT2D eigenvalue weighted by Crippen LogP contribution is -2.14. The number of phenolic OH excluding ortho intramolecular Hbond substituents is 1. The van der Waals surface area contributed by atoms with E-state index in [1.165, 1.54) is 0 Å². The standard InChI is InChI=1S/C17H17NO3/c1-21-14-7-5-11(6-8-14)15-10-16(15)17(20)18-12-3-2-4-13(19)9-12/h2-9,15-16,19H,10H2,1H3,(H,18,20). The van der Waals surface area contributed by atoms with Crippen LogP contribution in [-0.4, -0.2) is 18.1 Å². The number of benzene rings is 2. The van der Waals surface area contributed by atoms with Crippen molar-refractivity contribution >= 4 is 11.6 Å². The molecule has 1 aliphatic rings. The molecule has 2 aromatic rings. The van der Waals surface area contributed by atoms with Crippen LogP contribution in [0, 0.1) is 5.92 Å². The Morgan fingerprint density at radius 1 is 1.24 bits per heavy atom. The number of anilines is 1. The molecule has 1 fully saturated rings. The second-order valence-corrected chi connectivity index (χ2v) is 5.26. The van der Waals surface area contributed by atoms with Crippen LogP contribution in [0.25, 0.3) is 0 Å². The van der Waals surface area contributed by atoms with Gasteiger partial charge in [-0.1, -0.05) is 18.2 Å². The number of hydrogen-bond acceptors (Lipinski definition) is 3. The first kappa shape index (κ1) is 13.5. The zero-order valence-corrected chi connectivity index (χ0v) is 11.7. The molecule has 1 amide bonds. The first-order chi connectivity index (χ1) is 10.2. The summed E-state index contributed by atoms with van der Waals surface area (Å²) in [6.07, 6.45) is 0.858. The van der Waals surface area contributed by atoms with Gasteiger partial charge in [-0.25, -0.2) is 0 Å². The van der Waals surface area contributed by atoms with Crippen LogP contribution in [-0.2, 0) is 4.79 Å². The molecule has 0 radical (unpaired) electrons. The first-order valence-electron chi connectivity index (χ1n) is 6.91. The predicted molar refractivity (Wildman–Crippen MR) is 80.6 cm³/mol. The monoisotopic (exact) mass is 283 g/mol. The lowest BCUT2D eigenvalue weighted by Gasteiger charge is -2.06. The van der Waals surface area contributed by atoms with E-state index in [1.807, 2.05) is 24.3 Å². The Bertz CT molecular complexity index is 651. The fourth-order valence-electron chi connectivity index (χ4n) is 2.52. The zero-order chi connectivity index (χ0) is 14.8. The SMILES string of the molecule is COc1ccc(C2CC2C(=O)Nc2cccc(O)c2)cc1. The number of nitrogens with one attached hydrogen (secondary N) is 1. The molecular formula is C17H17NO3. The minimum atomic E-state index is 0.000689. The number of phenols is 1. The van der Waals surface area contributed by atoms with Crippen LogP contribution < -0.4 is 10.1 Å². The molecule has 1 saturated carbocycles. The third kappa shape index (κ3) is 2.99. The van der Waals surface area contributed by atoms with Gasteiger partial charge in [0.1, 0.15) is 11.5 Å². The van der Waals surface area contributed by atoms with Gasteiger partial charge in [-0.3, -0.25) is 4.79 Å². The largest absolute Gasteiger partial charge is 0.508 e. The highest BCUT2D eigenvalue weighted by atomic mass is 16.5. The molecule has 2 aromatic carbocycles. The number of ether oxygens (including phenoxy) is 1. The van der Waals surface area contributed by atoms with Crippen LogP contribution in [0.15, 0.2) is 48.5 Å². The average Bonchev–Trinajstić information content (AvgIpc) is 3.28. The smallest absolute Gasteiger partial charge is 0.228 e. The van der Waals surface area contributed by atoms with E-state index in [-0.39, 0.29) is 23.5 Å². The Kier molecular flexibility index (Phi) is 3.52. The molecule has 0 aromatic heterocycles. The maximum atomic E-state index is 12.2. The summed E-state index contributed by atoms with van der Waals surface area (Å²) < 4.78 is 5.13. The van der Waals surface area contributed by atoms with Gasteiger partial charge >= 0.3 is 0 Å². The summed E-state index contributed by atoms with van der Waals surface area (Å²) in [6, 6.07) is 14.4. The van der Waals surface area contributed by atoms with Crippen molar-refractivity contribution in [2.45, 2.75) is 12.3 Å². The third-order valence-electron chi connectivity index (χ3n) is 3.78. The van der Waals surface area contributed by atoms with Gasteiger partial charge in [0.15, 0.2) is 0 Å². The van der Waals surface area contributed by atoms with Crippen LogP contribution in [0.1, 0.15) is 17.9 Å². The number of methoxy groups -OCH3 is 1. The van der Waals surface area contributed by atoms with Gasteiger partial charge < -0.3 is 15.2 Å². The highest BCUT2D eigenvalue weighted by molar-refractivity contribution is 5.95. The van der Waals surface area contributed by atoms with E-state index >= 15 is 0 Å². The summed E-state index contributed by atoms with van der Waals surface area (Å²) in [4.78, 5) is 12.2. The number of hydrogen-bond donors (Lipinski definition) is 2. The van der Waals surface area contributed by atoms with Gasteiger partial charge in [0, 0.05) is 17.7 Å². The number of aromatic hydroxyl groups is 1. The molecule has 108 valence electrons. The first-order valence-corrected chi connectivity index (χ1v) is 6.91. The summed E-state index contributed by atoms with van der Waals surface area (Å²) in [5.74, 6) is 1.24. The Morgan fingerprint density at radius 3 is 2.67 bits per heavy atom. The van der Waals surface area contributed by atoms with Gasteiger partial charge in [-0.2, -0.15) is 0 Å². The van der Waals surface area contributed by atoms with Crippen molar-refractivity contribution in [2.24, 2.45) is 5.92 Å². The Labute approximate surface area is 123 Å². The fraction of sp³-hybridized carbons (Fsp3) is 0.235. The van der Waals surface area contributed by atoms with Crippen LogP contribution in [0.4, 0.5) is 5.69 Å². The van der Waals surface area contributed by atoms with Crippen molar-refractivity contribution < 1.29 is 14.6 Å². The van der Waals surface area contributed by atoms with E-state index in [9.17, 15) is 9.90 Å². The molecule has 0 heterocycles. The molecule has 21 heavy (non-hydrogen) atoms. The van der Waals surface area contributed by atoms with Crippen molar-refractivity contribution in [3.63, 3.8) is 0 Å². The molecule has 0 saturated heterocycles. The normalized spacial score (nSPS) is 19.9. The predicted octanol–water partition coefficient (Wildman–Crippen LogP) is 3.14. The summed E-state index contributed by atoms with van der Waals surface area (Å²) in [6.45, 7) is 0. The molecule has 0 spiro atoms. The Morgan fingerprint density at radius 2 is 2.00 bits per heavy atom. The Balaban J connectivity index is 1.62. The molecule has 4 heteroatoms. The highest BCUT2D eigenvalue weighted by Gasteiger charge is 2.43. The maximum absolute atomic E-state index is 12.2. The molecule has 2 N–H and O–H groups in total. The van der Waals surface area contributed by atoms with E-state index in [4.69, 9.17) is 4.74 Å². The van der Waals surface area contributed by atoms with Crippen LogP contribution in [0.5, 0.6) is 11.5 Å². The third-order valence-corrected chi connectivity index (χ3v) is 3.78. The van der Waals surface area contributed by atoms with E-state index in [0.717, 1.165) is 17.7 Å². The lowest BCUT2D eigenvalue weighted by molar-refractivity contribution is -0.117. The minimum absolute atomic E-state index is 0.000689. The van der Waals surface area contributed by atoms with Crippen molar-refractivity contribution in [2.75, 3.05) is 12.4 Å². The fourth-order valence-corrected chi connectivity index (χ4v) is 2.52. The number of rotatable bonds is 4. The topological polar surface area (TPSA) is 58.6 Å². The molecular weight excluding hydrogens is 266 g/mol. The van der Waals surface area contributed by atoms with Gasteiger partial charge in [-0.05, 0) is 42.2 Å². The second kappa shape index (κ2) is 5.48. The van der Waals surface area contributed by atoms with Crippen molar-refractivity contribution in [3.8, 4) is 11.5 Å². The maximum Gasteiger partial charge on any atom is 0.228 e. The van der Waals surface area contributed by atoms with E-state index in [1.54, 1.807) is 31.4 Å². The van der Waals surface area contributed by atoms with Gasteiger partial charge in [0.25, 0.3) is 0 Å². The Hall–Kier alpha value is -2.49. The number of carbonyl (C=O) groups is 1. The molecule has 4 nitrogen and oxygen atoms in total. The van der Waals surface area contributed by atoms with Gasteiger partial charge in [-0.15, -0.1) is 0 Å². The average molecular weight is 283 g/mol. The molecule has 2 atom stereocenters. The second-order valence-electron chi connectivity index (χ2n) is 5.26. The highest BCUT2D eigenvalue weighted by Crippen LogP contribution is 2.48. The van der Waals surface area contributed by atoms with Crippen LogP contribution >= 0.6 is 0 Å². The van der Waals surface area contributed by atoms with Crippen molar-refractivity contribution in [3.05, 3.63) is 54.1 Å². The summed E-state index contributed by atoms with van der Waals surface area (Å²) in [5, 5.41) is 12.2.